The summed E-state index contributed by atoms with van der Waals surface area (Å²) in [6.07, 6.45) is 0. The fourth-order valence-electron chi connectivity index (χ4n) is 5.13. The highest BCUT2D eigenvalue weighted by Gasteiger charge is 2.29. The Hall–Kier alpha value is -5.76. The van der Waals surface area contributed by atoms with E-state index in [1.165, 1.54) is 0 Å². The van der Waals surface area contributed by atoms with E-state index in [0.717, 1.165) is 16.6 Å². The summed E-state index contributed by atoms with van der Waals surface area (Å²) >= 11 is 0. The van der Waals surface area contributed by atoms with Crippen LogP contribution in [-0.4, -0.2) is 36.7 Å². The molecule has 7 aromatic rings. The largest absolute Gasteiger partial charge is 0.871 e. The first kappa shape index (κ1) is 27.8. The van der Waals surface area contributed by atoms with Crippen LogP contribution in [0.15, 0.2) is 102 Å². The number of aliphatic imine (C=N–C) groups is 1. The molecule has 0 saturated carbocycles. The molecule has 0 saturated heterocycles. The van der Waals surface area contributed by atoms with Crippen LogP contribution in [0, 0.1) is 0 Å². The second-order valence-electron chi connectivity index (χ2n) is 9.47. The molecule has 0 atom stereocenters. The molecule has 0 unspecified atom stereocenters. The lowest BCUT2D eigenvalue weighted by atomic mass is 10.1. The van der Waals surface area contributed by atoms with E-state index in [-0.39, 0.29) is 43.6 Å². The van der Waals surface area contributed by atoms with Crippen molar-refractivity contribution in [3.8, 4) is 28.6 Å². The van der Waals surface area contributed by atoms with Crippen molar-refractivity contribution in [3.05, 3.63) is 108 Å². The first-order valence-electron chi connectivity index (χ1n) is 12.6. The number of ketones is 1. The zero-order valence-electron chi connectivity index (χ0n) is 20.9. The third-order valence-electron chi connectivity index (χ3n) is 7.10. The number of hydrogen-bond donors (Lipinski definition) is 5. The number of benzene rings is 4. The Morgan fingerprint density at radius 2 is 1.02 bits per heavy atom. The van der Waals surface area contributed by atoms with Crippen LogP contribution in [0.1, 0.15) is 30.9 Å². The van der Waals surface area contributed by atoms with Gasteiger partial charge in [0.15, 0.2) is 5.75 Å². The molecule has 8 heteroatoms. The molecule has 0 spiro atoms. The number of Topliss-reactive ketones (excluding diaryl/α,β-unsaturated/α-hetero) is 1. The van der Waals surface area contributed by atoms with Crippen LogP contribution in [-0.2, 0) is 0 Å². The van der Waals surface area contributed by atoms with E-state index in [0.29, 0.717) is 44.5 Å². The molecule has 3 aromatic heterocycles. The molecule has 1 aliphatic heterocycles. The van der Waals surface area contributed by atoms with Gasteiger partial charge in [-0.3, -0.25) is 4.79 Å². The maximum absolute atomic E-state index is 12.4. The summed E-state index contributed by atoms with van der Waals surface area (Å²) in [5.74, 6) is -0.102. The number of carbonyl (C=O) groups excluding carboxylic acids is 1. The van der Waals surface area contributed by atoms with Crippen molar-refractivity contribution in [3.63, 3.8) is 0 Å². The van der Waals surface area contributed by atoms with Gasteiger partial charge in [-0.25, -0.2) is 4.99 Å². The van der Waals surface area contributed by atoms with Crippen molar-refractivity contribution in [1.82, 2.24) is 15.0 Å². The average Bonchev–Trinajstić information content (AvgIpc) is 3.71. The highest BCUT2D eigenvalue weighted by Crippen LogP contribution is 2.41. The van der Waals surface area contributed by atoms with Gasteiger partial charge >= 0.3 is 0 Å². The Bertz CT molecular complexity index is 2050. The molecule has 42 heavy (non-hydrogen) atoms. The molecule has 0 bridgehead atoms. The smallest absolute Gasteiger partial charge is 0.215 e. The van der Waals surface area contributed by atoms with Gasteiger partial charge in [-0.1, -0.05) is 75.2 Å². The lowest BCUT2D eigenvalue weighted by molar-refractivity contribution is -0.264. The van der Waals surface area contributed by atoms with E-state index in [1.807, 2.05) is 66.7 Å². The Morgan fingerprint density at radius 1 is 0.571 bits per heavy atom. The van der Waals surface area contributed by atoms with Crippen molar-refractivity contribution < 1.29 is 20.1 Å². The second-order valence-corrected chi connectivity index (χ2v) is 9.47. The molecule has 210 valence electrons. The van der Waals surface area contributed by atoms with Gasteiger partial charge in [0.25, 0.3) is 0 Å². The van der Waals surface area contributed by atoms with Crippen molar-refractivity contribution in [2.24, 2.45) is 4.99 Å². The summed E-state index contributed by atoms with van der Waals surface area (Å²) in [6.45, 7) is 0. The van der Waals surface area contributed by atoms with Gasteiger partial charge < -0.3 is 30.3 Å². The Kier molecular flexibility index (Phi) is 7.06. The minimum Gasteiger partial charge on any atom is -0.871 e. The first-order chi connectivity index (χ1) is 19.5. The number of nitrogens with zero attached hydrogens (tertiary/aromatic N) is 1. The molecular weight excluding hydrogens is 528 g/mol. The van der Waals surface area contributed by atoms with Gasteiger partial charge in [0.05, 0.1) is 11.4 Å². The SMILES string of the molecule is C.C.O=C1C(c2[nH]c3ccccc3c2O)=Nc2ccccc21.[O-]c1c(-c2[nH]c3ccccc3c2O)[nH]c2ccccc12. The maximum atomic E-state index is 12.4. The zero-order chi connectivity index (χ0) is 27.4. The quantitative estimate of drug-likeness (QED) is 0.150. The van der Waals surface area contributed by atoms with Crippen molar-refractivity contribution >= 4 is 49.9 Å². The molecule has 4 aromatic carbocycles. The molecular formula is C34H29N4O4-. The van der Waals surface area contributed by atoms with E-state index in [9.17, 15) is 20.1 Å². The van der Waals surface area contributed by atoms with Gasteiger partial charge in [0, 0.05) is 32.9 Å². The Morgan fingerprint density at radius 3 is 1.60 bits per heavy atom. The predicted octanol–water partition coefficient (Wildman–Crippen LogP) is 7.56. The summed E-state index contributed by atoms with van der Waals surface area (Å²) in [5.41, 5.74) is 5.04. The van der Waals surface area contributed by atoms with Crippen LogP contribution >= 0.6 is 0 Å². The summed E-state index contributed by atoms with van der Waals surface area (Å²) in [4.78, 5) is 25.9. The van der Waals surface area contributed by atoms with E-state index < -0.39 is 0 Å². The van der Waals surface area contributed by atoms with E-state index in [4.69, 9.17) is 0 Å². The standard InChI is InChI=1S/C16H12N2O2.C16H10N2O2.2CH4/c2*19-15-9-5-1-3-7-11(9)17-13(15)14-16(20)10-6-2-4-8-12(10)18-14;;/h1-8,17-20H;1-8,17,19H;2*1H4/p-1. The number of nitrogens with one attached hydrogen (secondary N) is 3. The molecule has 0 amide bonds. The van der Waals surface area contributed by atoms with Gasteiger partial charge in [-0.15, -0.1) is 0 Å². The lowest BCUT2D eigenvalue weighted by Gasteiger charge is -2.06. The van der Waals surface area contributed by atoms with Gasteiger partial charge in [0.1, 0.15) is 22.8 Å². The van der Waals surface area contributed by atoms with Gasteiger partial charge in [0.2, 0.25) is 5.78 Å². The van der Waals surface area contributed by atoms with Gasteiger partial charge in [-0.05, 0) is 47.9 Å². The second kappa shape index (κ2) is 10.7. The third-order valence-corrected chi connectivity index (χ3v) is 7.10. The van der Waals surface area contributed by atoms with Crippen LogP contribution in [0.3, 0.4) is 0 Å². The van der Waals surface area contributed by atoms with Crippen LogP contribution in [0.2, 0.25) is 0 Å². The van der Waals surface area contributed by atoms with Crippen molar-refractivity contribution in [2.75, 3.05) is 0 Å². The summed E-state index contributed by atoms with van der Waals surface area (Å²) in [5, 5.41) is 35.0. The van der Waals surface area contributed by atoms with Crippen LogP contribution < -0.4 is 5.11 Å². The van der Waals surface area contributed by atoms with E-state index in [2.05, 4.69) is 19.9 Å². The molecule has 8 rings (SSSR count). The highest BCUT2D eigenvalue weighted by atomic mass is 16.3. The molecule has 0 aliphatic carbocycles. The van der Waals surface area contributed by atoms with Crippen LogP contribution in [0.25, 0.3) is 44.1 Å². The van der Waals surface area contributed by atoms with Gasteiger partial charge in [-0.2, -0.15) is 0 Å². The highest BCUT2D eigenvalue weighted by molar-refractivity contribution is 6.55. The minimum atomic E-state index is -0.164. The number of fused-ring (bicyclic) bond motifs is 4. The summed E-state index contributed by atoms with van der Waals surface area (Å²) in [7, 11) is 0. The number of H-pyrrole nitrogens is 3. The van der Waals surface area contributed by atoms with Crippen molar-refractivity contribution in [2.45, 2.75) is 14.9 Å². The number of aromatic hydroxyl groups is 2. The minimum absolute atomic E-state index is 0. The number of rotatable bonds is 2. The first-order valence-corrected chi connectivity index (χ1v) is 12.6. The van der Waals surface area contributed by atoms with E-state index >= 15 is 0 Å². The fourth-order valence-corrected chi connectivity index (χ4v) is 5.13. The molecule has 1 aliphatic rings. The van der Waals surface area contributed by atoms with Crippen molar-refractivity contribution in [1.29, 1.82) is 0 Å². The number of hydrogen-bond acceptors (Lipinski definition) is 5. The predicted molar refractivity (Wildman–Crippen MR) is 167 cm³/mol. The number of carbonyl (C=O) groups is 1. The number of aromatic amines is 3. The number of para-hydroxylation sites is 4. The molecule has 5 N–H and O–H groups in total. The Labute approximate surface area is 241 Å². The molecule has 8 nitrogen and oxygen atoms in total. The third kappa shape index (κ3) is 4.26. The van der Waals surface area contributed by atoms with Crippen LogP contribution in [0.5, 0.6) is 17.2 Å². The summed E-state index contributed by atoms with van der Waals surface area (Å²) < 4.78 is 0. The van der Waals surface area contributed by atoms with Crippen LogP contribution in [0.4, 0.5) is 5.69 Å². The maximum Gasteiger partial charge on any atom is 0.215 e. The molecule has 4 heterocycles. The van der Waals surface area contributed by atoms with E-state index in [1.54, 1.807) is 30.3 Å². The molecule has 0 radical (unpaired) electrons. The number of aromatic nitrogens is 3. The zero-order valence-corrected chi connectivity index (χ0v) is 20.9. The average molecular weight is 558 g/mol. The Balaban J connectivity index is 0.000000160. The normalized spacial score (nSPS) is 11.9. The molecule has 0 fully saturated rings. The topological polar surface area (TPSA) is 140 Å². The monoisotopic (exact) mass is 557 g/mol. The lowest BCUT2D eigenvalue weighted by Crippen LogP contribution is -2.11. The summed E-state index contributed by atoms with van der Waals surface area (Å²) in [6, 6.07) is 29.3. The fraction of sp³-hybridized carbons (Fsp3) is 0.0588.